The minimum Gasteiger partial charge on any atom is -0.392 e. The number of aliphatic hydroxyl groups is 1. The van der Waals surface area contributed by atoms with Gasteiger partial charge in [-0.25, -0.2) is 0 Å². The van der Waals surface area contributed by atoms with Crippen LogP contribution in [0.25, 0.3) is 11.1 Å². The van der Waals surface area contributed by atoms with E-state index in [9.17, 15) is 9.90 Å². The molecular formula is C22H24N2O3. The van der Waals surface area contributed by atoms with Crippen molar-refractivity contribution >= 4 is 5.91 Å². The zero-order valence-corrected chi connectivity index (χ0v) is 15.7. The Bertz CT molecular complexity index is 911. The molecule has 0 aliphatic heterocycles. The van der Waals surface area contributed by atoms with Crippen molar-refractivity contribution in [3.63, 3.8) is 0 Å². The smallest absolute Gasteiger partial charge is 0.251 e. The normalized spacial score (nSPS) is 10.8. The Morgan fingerprint density at radius 1 is 1.15 bits per heavy atom. The van der Waals surface area contributed by atoms with Crippen LogP contribution in [0.2, 0.25) is 0 Å². The number of hydrogen-bond donors (Lipinski definition) is 2. The molecule has 0 fully saturated rings. The summed E-state index contributed by atoms with van der Waals surface area (Å²) in [4.78, 5) is 12.5. The van der Waals surface area contributed by atoms with E-state index in [2.05, 4.69) is 10.5 Å². The first-order valence-electron chi connectivity index (χ1n) is 9.09. The first kappa shape index (κ1) is 18.9. The highest BCUT2D eigenvalue weighted by Crippen LogP contribution is 2.24. The Morgan fingerprint density at radius 3 is 2.70 bits per heavy atom. The number of aryl methyl sites for hydroxylation is 2. The molecule has 0 bridgehead atoms. The van der Waals surface area contributed by atoms with E-state index in [0.717, 1.165) is 46.5 Å². The van der Waals surface area contributed by atoms with Crippen molar-refractivity contribution in [2.75, 3.05) is 6.54 Å². The topological polar surface area (TPSA) is 75.4 Å². The number of nitrogens with zero attached hydrogens (tertiary/aromatic N) is 1. The highest BCUT2D eigenvalue weighted by atomic mass is 16.5. The van der Waals surface area contributed by atoms with Crippen LogP contribution in [0.5, 0.6) is 0 Å². The molecule has 27 heavy (non-hydrogen) atoms. The quantitative estimate of drug-likeness (QED) is 0.625. The minimum atomic E-state index is -0.0999. The summed E-state index contributed by atoms with van der Waals surface area (Å²) in [6.07, 6.45) is 1.65. The van der Waals surface area contributed by atoms with Crippen molar-refractivity contribution in [1.82, 2.24) is 10.5 Å². The number of amides is 1. The van der Waals surface area contributed by atoms with Crippen molar-refractivity contribution in [3.05, 3.63) is 76.7 Å². The number of carbonyl (C=O) groups excluding carboxylic acids is 1. The van der Waals surface area contributed by atoms with Gasteiger partial charge in [0.05, 0.1) is 12.3 Å². The number of aliphatic hydroxyl groups excluding tert-OH is 1. The summed E-state index contributed by atoms with van der Waals surface area (Å²) >= 11 is 0. The lowest BCUT2D eigenvalue weighted by atomic mass is 9.98. The maximum absolute atomic E-state index is 12.5. The Hall–Kier alpha value is -2.92. The number of hydrogen-bond acceptors (Lipinski definition) is 4. The number of nitrogens with one attached hydrogen (secondary N) is 1. The van der Waals surface area contributed by atoms with Crippen LogP contribution in [0.1, 0.15) is 39.4 Å². The van der Waals surface area contributed by atoms with E-state index in [4.69, 9.17) is 4.52 Å². The summed E-state index contributed by atoms with van der Waals surface area (Å²) in [7, 11) is 0. The van der Waals surface area contributed by atoms with E-state index in [1.165, 1.54) is 0 Å². The molecule has 0 spiro atoms. The predicted octanol–water partition coefficient (Wildman–Crippen LogP) is 3.81. The molecule has 0 aliphatic carbocycles. The van der Waals surface area contributed by atoms with E-state index in [0.29, 0.717) is 12.1 Å². The molecule has 3 rings (SSSR count). The highest BCUT2D eigenvalue weighted by molar-refractivity contribution is 5.95. The van der Waals surface area contributed by atoms with Gasteiger partial charge in [-0.1, -0.05) is 41.6 Å². The average molecular weight is 364 g/mol. The molecule has 0 unspecified atom stereocenters. The molecule has 5 nitrogen and oxygen atoms in total. The molecule has 5 heteroatoms. The lowest BCUT2D eigenvalue weighted by Crippen LogP contribution is -2.24. The Balaban J connectivity index is 1.62. The summed E-state index contributed by atoms with van der Waals surface area (Å²) in [5.74, 6) is 0.742. The third-order valence-electron chi connectivity index (χ3n) is 4.69. The van der Waals surface area contributed by atoms with Crippen LogP contribution in [0.3, 0.4) is 0 Å². The maximum atomic E-state index is 12.5. The van der Waals surface area contributed by atoms with Gasteiger partial charge in [0, 0.05) is 17.7 Å². The van der Waals surface area contributed by atoms with E-state index < -0.39 is 0 Å². The van der Waals surface area contributed by atoms with Gasteiger partial charge in [-0.2, -0.15) is 0 Å². The molecule has 2 N–H and O–H groups in total. The van der Waals surface area contributed by atoms with Gasteiger partial charge in [0.2, 0.25) is 0 Å². The third-order valence-corrected chi connectivity index (χ3v) is 4.69. The third kappa shape index (κ3) is 4.44. The Labute approximate surface area is 159 Å². The largest absolute Gasteiger partial charge is 0.392 e. The van der Waals surface area contributed by atoms with Crippen LogP contribution < -0.4 is 5.32 Å². The zero-order chi connectivity index (χ0) is 19.2. The second-order valence-corrected chi connectivity index (χ2v) is 6.56. The van der Waals surface area contributed by atoms with Crippen LogP contribution in [0, 0.1) is 13.8 Å². The summed E-state index contributed by atoms with van der Waals surface area (Å²) in [6.45, 7) is 4.39. The van der Waals surface area contributed by atoms with Crippen molar-refractivity contribution in [2.45, 2.75) is 33.3 Å². The number of rotatable bonds is 7. The van der Waals surface area contributed by atoms with Crippen LogP contribution in [0.15, 0.2) is 53.1 Å². The molecule has 1 aromatic heterocycles. The second-order valence-electron chi connectivity index (χ2n) is 6.56. The lowest BCUT2D eigenvalue weighted by Gasteiger charge is -2.10. The number of aromatic nitrogens is 1. The molecule has 0 aliphatic rings. The molecule has 3 aromatic rings. The van der Waals surface area contributed by atoms with Crippen LogP contribution in [0.4, 0.5) is 0 Å². The van der Waals surface area contributed by atoms with E-state index in [1.807, 2.05) is 56.3 Å². The second kappa shape index (κ2) is 8.64. The summed E-state index contributed by atoms with van der Waals surface area (Å²) in [6, 6.07) is 15.1. The zero-order valence-electron chi connectivity index (χ0n) is 15.7. The predicted molar refractivity (Wildman–Crippen MR) is 104 cm³/mol. The van der Waals surface area contributed by atoms with Crippen molar-refractivity contribution < 1.29 is 14.4 Å². The number of carbonyl (C=O) groups is 1. The van der Waals surface area contributed by atoms with Crippen molar-refractivity contribution in [2.24, 2.45) is 0 Å². The van der Waals surface area contributed by atoms with Crippen LogP contribution in [-0.4, -0.2) is 22.7 Å². The van der Waals surface area contributed by atoms with Gasteiger partial charge in [0.1, 0.15) is 5.76 Å². The van der Waals surface area contributed by atoms with E-state index >= 15 is 0 Å². The van der Waals surface area contributed by atoms with E-state index in [1.54, 1.807) is 6.07 Å². The summed E-state index contributed by atoms with van der Waals surface area (Å²) in [5, 5.41) is 16.4. The SMILES string of the molecule is Cc1noc(C)c1CCCNC(=O)c1cccc(-c2ccccc2CO)c1. The van der Waals surface area contributed by atoms with Crippen LogP contribution >= 0.6 is 0 Å². The molecule has 0 atom stereocenters. The van der Waals surface area contributed by atoms with Gasteiger partial charge in [-0.05, 0) is 55.5 Å². The van der Waals surface area contributed by atoms with Gasteiger partial charge in [-0.15, -0.1) is 0 Å². The molecule has 2 aromatic carbocycles. The number of benzene rings is 2. The van der Waals surface area contributed by atoms with Crippen LogP contribution in [-0.2, 0) is 13.0 Å². The fourth-order valence-corrected chi connectivity index (χ4v) is 3.20. The lowest BCUT2D eigenvalue weighted by molar-refractivity contribution is 0.0953. The van der Waals surface area contributed by atoms with Crippen molar-refractivity contribution in [1.29, 1.82) is 0 Å². The molecule has 0 saturated heterocycles. The molecule has 0 radical (unpaired) electrons. The Morgan fingerprint density at radius 2 is 1.96 bits per heavy atom. The average Bonchev–Trinajstić information content (AvgIpc) is 3.03. The molecule has 0 saturated carbocycles. The first-order valence-corrected chi connectivity index (χ1v) is 9.09. The monoisotopic (exact) mass is 364 g/mol. The highest BCUT2D eigenvalue weighted by Gasteiger charge is 2.11. The standard InChI is InChI=1S/C22H24N2O3/c1-15-20(16(2)27-24-15)11-6-12-23-22(26)18-9-5-8-17(13-18)21-10-4-3-7-19(21)14-25/h3-5,7-10,13,25H,6,11-12,14H2,1-2H3,(H,23,26). The first-order chi connectivity index (χ1) is 13.1. The van der Waals surface area contributed by atoms with Gasteiger partial charge < -0.3 is 14.9 Å². The summed E-state index contributed by atoms with van der Waals surface area (Å²) in [5.41, 5.74) is 5.34. The molecule has 1 heterocycles. The van der Waals surface area contributed by atoms with Gasteiger partial charge in [0.15, 0.2) is 0 Å². The Kier molecular flexibility index (Phi) is 6.04. The summed E-state index contributed by atoms with van der Waals surface area (Å²) < 4.78 is 5.16. The fraction of sp³-hybridized carbons (Fsp3) is 0.273. The molecule has 140 valence electrons. The van der Waals surface area contributed by atoms with Crippen molar-refractivity contribution in [3.8, 4) is 11.1 Å². The van der Waals surface area contributed by atoms with Gasteiger partial charge >= 0.3 is 0 Å². The van der Waals surface area contributed by atoms with E-state index in [-0.39, 0.29) is 12.5 Å². The molecular weight excluding hydrogens is 340 g/mol. The maximum Gasteiger partial charge on any atom is 0.251 e. The van der Waals surface area contributed by atoms with Gasteiger partial charge in [0.25, 0.3) is 5.91 Å². The molecule has 1 amide bonds. The fourth-order valence-electron chi connectivity index (χ4n) is 3.20. The van der Waals surface area contributed by atoms with Gasteiger partial charge in [-0.3, -0.25) is 4.79 Å². The minimum absolute atomic E-state index is 0.0334.